The summed E-state index contributed by atoms with van der Waals surface area (Å²) < 4.78 is 0. The molecule has 1 saturated heterocycles. The van der Waals surface area contributed by atoms with Crippen LogP contribution >= 0.6 is 11.3 Å². The number of aromatic nitrogens is 1. The van der Waals surface area contributed by atoms with E-state index in [1.54, 1.807) is 11.3 Å². The van der Waals surface area contributed by atoms with Gasteiger partial charge >= 0.3 is 0 Å². The average Bonchev–Trinajstić information content (AvgIpc) is 3.13. The topological polar surface area (TPSA) is 28.2 Å². The summed E-state index contributed by atoms with van der Waals surface area (Å²) in [5, 5.41) is 7.17. The van der Waals surface area contributed by atoms with Crippen LogP contribution in [0.4, 0.5) is 0 Å². The molecule has 1 aromatic heterocycles. The SMILES string of the molecule is CC(CN1CCCNC(C)(C2CC2)C1)c1nccs1. The van der Waals surface area contributed by atoms with Crippen molar-refractivity contribution in [1.29, 1.82) is 0 Å². The molecule has 1 aliphatic carbocycles. The van der Waals surface area contributed by atoms with E-state index in [-0.39, 0.29) is 0 Å². The molecule has 0 amide bonds. The zero-order valence-corrected chi connectivity index (χ0v) is 12.9. The van der Waals surface area contributed by atoms with E-state index in [4.69, 9.17) is 0 Å². The minimum absolute atomic E-state index is 0.346. The molecule has 0 bridgehead atoms. The number of rotatable bonds is 4. The Morgan fingerprint density at radius 2 is 2.42 bits per heavy atom. The molecule has 1 aliphatic heterocycles. The minimum Gasteiger partial charge on any atom is -0.310 e. The second-order valence-electron chi connectivity index (χ2n) is 6.48. The van der Waals surface area contributed by atoms with E-state index in [1.807, 2.05) is 6.20 Å². The molecule has 2 fully saturated rings. The van der Waals surface area contributed by atoms with Crippen LogP contribution in [0.3, 0.4) is 0 Å². The number of thiazole rings is 1. The molecule has 3 nitrogen and oxygen atoms in total. The third-order valence-electron chi connectivity index (χ3n) is 4.62. The van der Waals surface area contributed by atoms with Crippen LogP contribution in [0.2, 0.25) is 0 Å². The third kappa shape index (κ3) is 3.18. The van der Waals surface area contributed by atoms with Crippen molar-refractivity contribution in [2.75, 3.05) is 26.2 Å². The quantitative estimate of drug-likeness (QED) is 0.918. The van der Waals surface area contributed by atoms with Gasteiger partial charge in [0.25, 0.3) is 0 Å². The molecule has 4 heteroatoms. The Labute approximate surface area is 120 Å². The number of hydrogen-bond donors (Lipinski definition) is 1. The molecule has 3 rings (SSSR count). The normalized spacial score (nSPS) is 31.1. The van der Waals surface area contributed by atoms with Crippen LogP contribution in [-0.2, 0) is 0 Å². The second kappa shape index (κ2) is 5.51. The molecule has 2 aliphatic rings. The van der Waals surface area contributed by atoms with Crippen molar-refractivity contribution in [3.05, 3.63) is 16.6 Å². The summed E-state index contributed by atoms with van der Waals surface area (Å²) in [6, 6.07) is 0. The van der Waals surface area contributed by atoms with Crippen molar-refractivity contribution in [3.63, 3.8) is 0 Å². The highest BCUT2D eigenvalue weighted by Gasteiger charge is 2.43. The Kier molecular flexibility index (Phi) is 3.92. The molecule has 0 aromatic carbocycles. The lowest BCUT2D eigenvalue weighted by molar-refractivity contribution is 0.194. The van der Waals surface area contributed by atoms with Gasteiger partial charge < -0.3 is 10.2 Å². The molecular weight excluding hydrogens is 254 g/mol. The Hall–Kier alpha value is -0.450. The first-order valence-electron chi connectivity index (χ1n) is 7.54. The monoisotopic (exact) mass is 279 g/mol. The number of nitrogens with one attached hydrogen (secondary N) is 1. The van der Waals surface area contributed by atoms with Crippen molar-refractivity contribution >= 4 is 11.3 Å². The predicted molar refractivity (Wildman–Crippen MR) is 80.7 cm³/mol. The summed E-state index contributed by atoms with van der Waals surface area (Å²) in [4.78, 5) is 7.12. The highest BCUT2D eigenvalue weighted by molar-refractivity contribution is 7.09. The summed E-state index contributed by atoms with van der Waals surface area (Å²) in [6.07, 6.45) is 6.03. The third-order valence-corrected chi connectivity index (χ3v) is 5.62. The number of hydrogen-bond acceptors (Lipinski definition) is 4. The maximum atomic E-state index is 4.47. The summed E-state index contributed by atoms with van der Waals surface area (Å²) in [6.45, 7) is 9.49. The van der Waals surface area contributed by atoms with Crippen LogP contribution in [-0.4, -0.2) is 41.6 Å². The van der Waals surface area contributed by atoms with Crippen LogP contribution in [0.5, 0.6) is 0 Å². The molecule has 1 saturated carbocycles. The molecule has 2 atom stereocenters. The van der Waals surface area contributed by atoms with E-state index in [0.29, 0.717) is 11.5 Å². The first-order valence-corrected chi connectivity index (χ1v) is 8.42. The van der Waals surface area contributed by atoms with Crippen molar-refractivity contribution in [3.8, 4) is 0 Å². The van der Waals surface area contributed by atoms with Crippen molar-refractivity contribution in [2.45, 2.75) is 44.6 Å². The average molecular weight is 279 g/mol. The zero-order chi connectivity index (χ0) is 13.3. The maximum absolute atomic E-state index is 4.47. The van der Waals surface area contributed by atoms with Gasteiger partial charge in [-0.15, -0.1) is 11.3 Å². The van der Waals surface area contributed by atoms with E-state index in [1.165, 1.54) is 43.9 Å². The predicted octanol–water partition coefficient (Wildman–Crippen LogP) is 2.71. The van der Waals surface area contributed by atoms with E-state index >= 15 is 0 Å². The molecule has 0 spiro atoms. The molecule has 2 heterocycles. The Morgan fingerprint density at radius 1 is 1.58 bits per heavy atom. The first-order chi connectivity index (χ1) is 9.17. The van der Waals surface area contributed by atoms with Crippen molar-refractivity contribution < 1.29 is 0 Å². The highest BCUT2D eigenvalue weighted by atomic mass is 32.1. The highest BCUT2D eigenvalue weighted by Crippen LogP contribution is 2.40. The Bertz CT molecular complexity index is 402. The molecule has 1 N–H and O–H groups in total. The van der Waals surface area contributed by atoms with E-state index in [9.17, 15) is 0 Å². The van der Waals surface area contributed by atoms with Gasteiger partial charge in [-0.3, -0.25) is 0 Å². The fourth-order valence-corrected chi connectivity index (χ4v) is 4.06. The Balaban J connectivity index is 1.63. The smallest absolute Gasteiger partial charge is 0.0965 e. The molecular formula is C15H25N3S. The van der Waals surface area contributed by atoms with Gasteiger partial charge in [-0.1, -0.05) is 6.92 Å². The number of nitrogens with zero attached hydrogens (tertiary/aromatic N) is 2. The Morgan fingerprint density at radius 3 is 3.11 bits per heavy atom. The lowest BCUT2D eigenvalue weighted by Crippen LogP contribution is -2.51. The molecule has 19 heavy (non-hydrogen) atoms. The van der Waals surface area contributed by atoms with Crippen LogP contribution in [0.25, 0.3) is 0 Å². The summed E-state index contributed by atoms with van der Waals surface area (Å²) >= 11 is 1.79. The largest absolute Gasteiger partial charge is 0.310 e. The molecule has 2 unspecified atom stereocenters. The van der Waals surface area contributed by atoms with Gasteiger partial charge in [0.05, 0.1) is 5.01 Å². The van der Waals surface area contributed by atoms with Gasteiger partial charge in [0.15, 0.2) is 0 Å². The standard InChI is InChI=1S/C15H25N3S/c1-12(14-16-7-9-19-14)10-18-8-3-6-17-15(2,11-18)13-4-5-13/h7,9,12-13,17H,3-6,8,10-11H2,1-2H3. The first kappa shape index (κ1) is 13.5. The van der Waals surface area contributed by atoms with Gasteiger partial charge in [-0.2, -0.15) is 0 Å². The van der Waals surface area contributed by atoms with Gasteiger partial charge in [0.2, 0.25) is 0 Å². The minimum atomic E-state index is 0.346. The molecule has 1 aromatic rings. The lowest BCUT2D eigenvalue weighted by atomic mass is 9.95. The molecule has 0 radical (unpaired) electrons. The van der Waals surface area contributed by atoms with E-state index in [2.05, 4.69) is 34.4 Å². The van der Waals surface area contributed by atoms with Gasteiger partial charge in [-0.25, -0.2) is 4.98 Å². The van der Waals surface area contributed by atoms with E-state index in [0.717, 1.165) is 12.5 Å². The summed E-state index contributed by atoms with van der Waals surface area (Å²) in [7, 11) is 0. The summed E-state index contributed by atoms with van der Waals surface area (Å²) in [5.74, 6) is 1.46. The second-order valence-corrected chi connectivity index (χ2v) is 7.40. The van der Waals surface area contributed by atoms with Crippen LogP contribution in [0.1, 0.15) is 44.0 Å². The maximum Gasteiger partial charge on any atom is 0.0965 e. The molecule has 106 valence electrons. The van der Waals surface area contributed by atoms with Gasteiger partial charge in [0, 0.05) is 36.1 Å². The van der Waals surface area contributed by atoms with Crippen LogP contribution in [0, 0.1) is 5.92 Å². The lowest BCUT2D eigenvalue weighted by Gasteiger charge is -2.34. The van der Waals surface area contributed by atoms with Gasteiger partial charge in [-0.05, 0) is 45.2 Å². The summed E-state index contributed by atoms with van der Waals surface area (Å²) in [5.41, 5.74) is 0.346. The van der Waals surface area contributed by atoms with Crippen molar-refractivity contribution in [2.24, 2.45) is 5.92 Å². The fraction of sp³-hybridized carbons (Fsp3) is 0.800. The van der Waals surface area contributed by atoms with E-state index < -0.39 is 0 Å². The zero-order valence-electron chi connectivity index (χ0n) is 12.1. The van der Waals surface area contributed by atoms with Gasteiger partial charge in [0.1, 0.15) is 0 Å². The van der Waals surface area contributed by atoms with Crippen molar-refractivity contribution in [1.82, 2.24) is 15.2 Å². The fourth-order valence-electron chi connectivity index (χ4n) is 3.37. The van der Waals surface area contributed by atoms with Crippen LogP contribution < -0.4 is 5.32 Å². The van der Waals surface area contributed by atoms with Crippen LogP contribution in [0.15, 0.2) is 11.6 Å².